The van der Waals surface area contributed by atoms with Gasteiger partial charge in [0.2, 0.25) is 5.88 Å². The summed E-state index contributed by atoms with van der Waals surface area (Å²) in [7, 11) is 0. The Morgan fingerprint density at radius 3 is 2.54 bits per heavy atom. The second kappa shape index (κ2) is 12.5. The SMILES string of the molecule is CCCCCOc1cccc(C2C(C#N)=C(N)Oc3cc(OC(=O)COc4ccc([N+](=O)[O-])cc4)ccc32)c1. The van der Waals surface area contributed by atoms with E-state index in [1.807, 2.05) is 24.3 Å². The van der Waals surface area contributed by atoms with Crippen molar-refractivity contribution in [1.82, 2.24) is 0 Å². The van der Waals surface area contributed by atoms with E-state index in [9.17, 15) is 20.2 Å². The van der Waals surface area contributed by atoms with Gasteiger partial charge in [0, 0.05) is 23.8 Å². The first-order chi connectivity index (χ1) is 18.9. The van der Waals surface area contributed by atoms with Crippen molar-refractivity contribution in [2.45, 2.75) is 32.1 Å². The molecule has 0 fully saturated rings. The smallest absolute Gasteiger partial charge is 0.349 e. The van der Waals surface area contributed by atoms with Crippen molar-refractivity contribution in [2.24, 2.45) is 5.73 Å². The molecule has 0 aliphatic carbocycles. The summed E-state index contributed by atoms with van der Waals surface area (Å²) in [5, 5.41) is 20.6. The Morgan fingerprint density at radius 1 is 1.05 bits per heavy atom. The fourth-order valence-electron chi connectivity index (χ4n) is 4.14. The molecule has 200 valence electrons. The number of nitrogens with two attached hydrogens (primary N) is 1. The van der Waals surface area contributed by atoms with Gasteiger partial charge in [-0.25, -0.2) is 4.79 Å². The number of nitro groups is 1. The predicted octanol–water partition coefficient (Wildman–Crippen LogP) is 5.37. The number of carbonyl (C=O) groups excluding carboxylic acids is 1. The number of hydrogen-bond donors (Lipinski definition) is 1. The Morgan fingerprint density at radius 2 is 1.82 bits per heavy atom. The van der Waals surface area contributed by atoms with E-state index in [0.29, 0.717) is 23.7 Å². The molecule has 39 heavy (non-hydrogen) atoms. The third-order valence-electron chi connectivity index (χ3n) is 6.03. The van der Waals surface area contributed by atoms with Gasteiger partial charge in [0.05, 0.1) is 17.4 Å². The molecule has 1 atom stereocenters. The lowest BCUT2D eigenvalue weighted by Gasteiger charge is -2.27. The van der Waals surface area contributed by atoms with Crippen LogP contribution in [-0.2, 0) is 4.79 Å². The quantitative estimate of drug-likeness (QED) is 0.114. The van der Waals surface area contributed by atoms with Crippen LogP contribution < -0.4 is 24.7 Å². The lowest BCUT2D eigenvalue weighted by atomic mass is 9.83. The van der Waals surface area contributed by atoms with Crippen LogP contribution in [0.15, 0.2) is 78.2 Å². The van der Waals surface area contributed by atoms with Crippen molar-refractivity contribution >= 4 is 11.7 Å². The molecule has 0 radical (unpaired) electrons. The first-order valence-electron chi connectivity index (χ1n) is 12.4. The van der Waals surface area contributed by atoms with E-state index >= 15 is 0 Å². The van der Waals surface area contributed by atoms with Gasteiger partial charge in [0.15, 0.2) is 6.61 Å². The summed E-state index contributed by atoms with van der Waals surface area (Å²) in [6.45, 7) is 2.32. The molecule has 1 aliphatic heterocycles. The van der Waals surface area contributed by atoms with Gasteiger partial charge in [0.1, 0.15) is 34.6 Å². The molecule has 3 aromatic carbocycles. The van der Waals surface area contributed by atoms with Gasteiger partial charge in [-0.15, -0.1) is 0 Å². The maximum absolute atomic E-state index is 12.4. The van der Waals surface area contributed by atoms with Crippen molar-refractivity contribution < 1.29 is 28.7 Å². The Kier molecular flexibility index (Phi) is 8.64. The number of nitrogens with zero attached hydrogens (tertiary/aromatic N) is 2. The van der Waals surface area contributed by atoms with Gasteiger partial charge in [-0.2, -0.15) is 5.26 Å². The monoisotopic (exact) mass is 529 g/mol. The second-order valence-electron chi connectivity index (χ2n) is 8.77. The van der Waals surface area contributed by atoms with Crippen molar-refractivity contribution in [3.05, 3.63) is 99.4 Å². The molecule has 0 saturated carbocycles. The Balaban J connectivity index is 1.48. The van der Waals surface area contributed by atoms with Crippen LogP contribution in [0.5, 0.6) is 23.0 Å². The minimum absolute atomic E-state index is 0.0331. The number of nitro benzene ring substituents is 1. The number of allylic oxidation sites excluding steroid dienone is 1. The molecule has 10 nitrogen and oxygen atoms in total. The van der Waals surface area contributed by atoms with Crippen molar-refractivity contribution in [1.29, 1.82) is 5.26 Å². The largest absolute Gasteiger partial charge is 0.494 e. The number of fused-ring (bicyclic) bond motifs is 1. The highest BCUT2D eigenvalue weighted by Crippen LogP contribution is 2.44. The number of benzene rings is 3. The predicted molar refractivity (Wildman–Crippen MR) is 141 cm³/mol. The molecular weight excluding hydrogens is 502 g/mol. The third-order valence-corrected chi connectivity index (χ3v) is 6.03. The van der Waals surface area contributed by atoms with E-state index in [1.165, 1.54) is 30.3 Å². The molecule has 1 heterocycles. The van der Waals surface area contributed by atoms with Gasteiger partial charge < -0.3 is 24.7 Å². The van der Waals surface area contributed by atoms with Crippen LogP contribution in [0.2, 0.25) is 0 Å². The Bertz CT molecular complexity index is 1430. The van der Waals surface area contributed by atoms with Crippen molar-refractivity contribution in [2.75, 3.05) is 13.2 Å². The summed E-state index contributed by atoms with van der Waals surface area (Å²) in [5.41, 5.74) is 7.79. The summed E-state index contributed by atoms with van der Waals surface area (Å²) in [6.07, 6.45) is 3.14. The summed E-state index contributed by atoms with van der Waals surface area (Å²) >= 11 is 0. The molecule has 1 aliphatic rings. The Hall–Kier alpha value is -5.04. The number of rotatable bonds is 11. The van der Waals surface area contributed by atoms with Crippen LogP contribution in [0.3, 0.4) is 0 Å². The molecule has 0 amide bonds. The summed E-state index contributed by atoms with van der Waals surface area (Å²) in [6, 6.07) is 19.9. The number of hydrogen-bond acceptors (Lipinski definition) is 9. The van der Waals surface area contributed by atoms with Crippen LogP contribution >= 0.6 is 0 Å². The molecule has 0 aromatic heterocycles. The number of non-ortho nitro benzene ring substituents is 1. The molecule has 0 bridgehead atoms. The first kappa shape index (κ1) is 27.0. The minimum Gasteiger partial charge on any atom is -0.494 e. The zero-order valence-electron chi connectivity index (χ0n) is 21.3. The van der Waals surface area contributed by atoms with E-state index in [-0.39, 0.29) is 28.6 Å². The van der Waals surface area contributed by atoms with Gasteiger partial charge >= 0.3 is 5.97 Å². The van der Waals surface area contributed by atoms with Gasteiger partial charge in [-0.1, -0.05) is 38.0 Å². The van der Waals surface area contributed by atoms with E-state index in [1.54, 1.807) is 12.1 Å². The first-order valence-corrected chi connectivity index (χ1v) is 12.4. The van der Waals surface area contributed by atoms with Gasteiger partial charge in [-0.05, 0) is 42.3 Å². The van der Waals surface area contributed by atoms with Gasteiger partial charge in [0.25, 0.3) is 5.69 Å². The molecule has 10 heteroatoms. The number of carbonyl (C=O) groups is 1. The number of nitriles is 1. The highest BCUT2D eigenvalue weighted by atomic mass is 16.6. The summed E-state index contributed by atoms with van der Waals surface area (Å²) in [5.74, 6) is 0.328. The summed E-state index contributed by atoms with van der Waals surface area (Å²) in [4.78, 5) is 22.6. The maximum atomic E-state index is 12.4. The van der Waals surface area contributed by atoms with E-state index in [4.69, 9.17) is 24.7 Å². The minimum atomic E-state index is -0.685. The molecule has 1 unspecified atom stereocenters. The van der Waals surface area contributed by atoms with Crippen LogP contribution in [0.1, 0.15) is 43.2 Å². The van der Waals surface area contributed by atoms with Gasteiger partial charge in [-0.3, -0.25) is 10.1 Å². The average molecular weight is 530 g/mol. The topological polar surface area (TPSA) is 147 Å². The van der Waals surface area contributed by atoms with E-state index in [0.717, 1.165) is 24.8 Å². The average Bonchev–Trinajstić information content (AvgIpc) is 2.94. The standard InChI is InChI=1S/C29H27N3O7/c1-2-3-4-14-36-22-7-5-6-19(15-22)28-24-13-12-23(16-26(24)39-29(31)25(28)17-30)38-27(33)18-37-21-10-8-20(9-11-21)32(34)35/h5-13,15-16,28H,2-4,14,18,31H2,1H3. The zero-order chi connectivity index (χ0) is 27.8. The zero-order valence-corrected chi connectivity index (χ0v) is 21.3. The van der Waals surface area contributed by atoms with Crippen LogP contribution in [0, 0.1) is 21.4 Å². The van der Waals surface area contributed by atoms with E-state index in [2.05, 4.69) is 13.0 Å². The fourth-order valence-corrected chi connectivity index (χ4v) is 4.14. The second-order valence-corrected chi connectivity index (χ2v) is 8.77. The number of ether oxygens (including phenoxy) is 4. The number of unbranched alkanes of at least 4 members (excludes halogenated alkanes) is 2. The lowest BCUT2D eigenvalue weighted by molar-refractivity contribution is -0.384. The maximum Gasteiger partial charge on any atom is 0.349 e. The molecule has 3 aromatic rings. The molecule has 0 spiro atoms. The molecule has 2 N–H and O–H groups in total. The normalized spacial score (nSPS) is 14.0. The van der Waals surface area contributed by atoms with Crippen LogP contribution in [0.25, 0.3) is 0 Å². The van der Waals surface area contributed by atoms with Crippen molar-refractivity contribution in [3.63, 3.8) is 0 Å². The Labute approximate surface area is 225 Å². The third kappa shape index (κ3) is 6.64. The van der Waals surface area contributed by atoms with E-state index < -0.39 is 23.4 Å². The lowest BCUT2D eigenvalue weighted by Crippen LogP contribution is -2.21. The van der Waals surface area contributed by atoms with Crippen molar-refractivity contribution in [3.8, 4) is 29.1 Å². The summed E-state index contributed by atoms with van der Waals surface area (Å²) < 4.78 is 22.4. The fraction of sp³-hybridized carbons (Fsp3) is 0.241. The molecule has 4 rings (SSSR count). The van der Waals surface area contributed by atoms with Crippen LogP contribution in [-0.4, -0.2) is 24.1 Å². The number of esters is 1. The highest BCUT2D eigenvalue weighted by molar-refractivity contribution is 5.74. The molecular formula is C29H27N3O7. The molecule has 0 saturated heterocycles. The highest BCUT2D eigenvalue weighted by Gasteiger charge is 2.31. The van der Waals surface area contributed by atoms with Crippen LogP contribution in [0.4, 0.5) is 5.69 Å².